The van der Waals surface area contributed by atoms with E-state index in [0.717, 1.165) is 16.8 Å². The van der Waals surface area contributed by atoms with Crippen molar-refractivity contribution in [1.29, 1.82) is 0 Å². The molecule has 0 aliphatic rings. The molecule has 2 N–H and O–H groups in total. The van der Waals surface area contributed by atoms with E-state index < -0.39 is 0 Å². The summed E-state index contributed by atoms with van der Waals surface area (Å²) in [7, 11) is 0. The van der Waals surface area contributed by atoms with Gasteiger partial charge in [0.25, 0.3) is 5.91 Å². The van der Waals surface area contributed by atoms with Crippen LogP contribution in [-0.4, -0.2) is 11.0 Å². The topological polar surface area (TPSA) is 49.3 Å². The molecule has 0 saturated carbocycles. The van der Waals surface area contributed by atoms with E-state index >= 15 is 0 Å². The molecule has 3 nitrogen and oxygen atoms in total. The summed E-state index contributed by atoms with van der Waals surface area (Å²) in [5, 5.41) is 12.9. The van der Waals surface area contributed by atoms with Crippen LogP contribution >= 0.6 is 11.6 Å². The molecule has 2 aromatic rings. The molecule has 98 valence electrons. The SMILES string of the molecule is Cc1cccc(C)c1NC(=O)c1cc(Cl)ccc1O. The summed E-state index contributed by atoms with van der Waals surface area (Å²) >= 11 is 5.84. The number of hydrogen-bond acceptors (Lipinski definition) is 2. The summed E-state index contributed by atoms with van der Waals surface area (Å²) in [6, 6.07) is 10.1. The molecular weight excluding hydrogens is 262 g/mol. The first-order chi connectivity index (χ1) is 8.99. The van der Waals surface area contributed by atoms with Crippen LogP contribution < -0.4 is 5.32 Å². The van der Waals surface area contributed by atoms with Crippen LogP contribution in [-0.2, 0) is 0 Å². The molecule has 0 bridgehead atoms. The number of aryl methyl sites for hydroxylation is 2. The molecule has 0 aliphatic heterocycles. The third kappa shape index (κ3) is 2.88. The number of carbonyl (C=O) groups is 1. The summed E-state index contributed by atoms with van der Waals surface area (Å²) in [4.78, 5) is 12.2. The highest BCUT2D eigenvalue weighted by atomic mass is 35.5. The average molecular weight is 276 g/mol. The molecule has 1 amide bonds. The molecule has 0 saturated heterocycles. The first-order valence-electron chi connectivity index (χ1n) is 5.85. The third-order valence-electron chi connectivity index (χ3n) is 2.92. The van der Waals surface area contributed by atoms with Gasteiger partial charge in [-0.05, 0) is 43.2 Å². The normalized spacial score (nSPS) is 10.3. The average Bonchev–Trinajstić information content (AvgIpc) is 2.37. The number of anilines is 1. The van der Waals surface area contributed by atoms with Crippen LogP contribution in [0.3, 0.4) is 0 Å². The van der Waals surface area contributed by atoms with Crippen molar-refractivity contribution in [3.8, 4) is 5.75 Å². The van der Waals surface area contributed by atoms with Crippen LogP contribution in [0.5, 0.6) is 5.75 Å². The van der Waals surface area contributed by atoms with Crippen molar-refractivity contribution in [2.45, 2.75) is 13.8 Å². The Morgan fingerprint density at radius 3 is 2.42 bits per heavy atom. The predicted molar refractivity (Wildman–Crippen MR) is 77.0 cm³/mol. The number of amides is 1. The zero-order valence-corrected chi connectivity index (χ0v) is 11.5. The fourth-order valence-corrected chi connectivity index (χ4v) is 2.05. The summed E-state index contributed by atoms with van der Waals surface area (Å²) in [5.41, 5.74) is 2.85. The maximum absolute atomic E-state index is 12.2. The Labute approximate surface area is 116 Å². The van der Waals surface area contributed by atoms with Gasteiger partial charge in [-0.3, -0.25) is 4.79 Å². The van der Waals surface area contributed by atoms with Crippen LogP contribution in [0.15, 0.2) is 36.4 Å². The van der Waals surface area contributed by atoms with E-state index in [1.807, 2.05) is 32.0 Å². The van der Waals surface area contributed by atoms with Crippen molar-refractivity contribution >= 4 is 23.2 Å². The highest BCUT2D eigenvalue weighted by Gasteiger charge is 2.13. The number of rotatable bonds is 2. The lowest BCUT2D eigenvalue weighted by Gasteiger charge is -2.12. The predicted octanol–water partition coefficient (Wildman–Crippen LogP) is 3.91. The fraction of sp³-hybridized carbons (Fsp3) is 0.133. The number of benzene rings is 2. The zero-order valence-electron chi connectivity index (χ0n) is 10.7. The second-order valence-electron chi connectivity index (χ2n) is 4.38. The zero-order chi connectivity index (χ0) is 14.0. The van der Waals surface area contributed by atoms with Gasteiger partial charge in [0.15, 0.2) is 0 Å². The van der Waals surface area contributed by atoms with E-state index in [4.69, 9.17) is 11.6 Å². The van der Waals surface area contributed by atoms with E-state index in [1.54, 1.807) is 0 Å². The lowest BCUT2D eigenvalue weighted by Crippen LogP contribution is -2.14. The van der Waals surface area contributed by atoms with Crippen LogP contribution in [0.1, 0.15) is 21.5 Å². The number of halogens is 1. The number of hydrogen-bond donors (Lipinski definition) is 2. The van der Waals surface area contributed by atoms with Gasteiger partial charge >= 0.3 is 0 Å². The molecule has 0 radical (unpaired) electrons. The van der Waals surface area contributed by atoms with Crippen molar-refractivity contribution in [3.05, 3.63) is 58.1 Å². The summed E-state index contributed by atoms with van der Waals surface area (Å²) < 4.78 is 0. The minimum Gasteiger partial charge on any atom is -0.507 e. The van der Waals surface area contributed by atoms with E-state index in [0.29, 0.717) is 5.02 Å². The number of para-hydroxylation sites is 1. The van der Waals surface area contributed by atoms with Gasteiger partial charge in [-0.15, -0.1) is 0 Å². The minimum absolute atomic E-state index is 0.0897. The molecule has 0 unspecified atom stereocenters. The Hall–Kier alpha value is -2.00. The van der Waals surface area contributed by atoms with Crippen molar-refractivity contribution in [1.82, 2.24) is 0 Å². The third-order valence-corrected chi connectivity index (χ3v) is 3.16. The molecular formula is C15H14ClNO2. The van der Waals surface area contributed by atoms with Crippen molar-refractivity contribution in [2.24, 2.45) is 0 Å². The summed E-state index contributed by atoms with van der Waals surface area (Å²) in [6.45, 7) is 3.83. The molecule has 0 fully saturated rings. The molecule has 0 atom stereocenters. The molecule has 2 aromatic carbocycles. The number of phenolic OH excluding ortho intramolecular Hbond substituents is 1. The van der Waals surface area contributed by atoms with Crippen LogP contribution in [0.4, 0.5) is 5.69 Å². The van der Waals surface area contributed by atoms with Gasteiger partial charge in [0.05, 0.1) is 5.56 Å². The van der Waals surface area contributed by atoms with Gasteiger partial charge in [0.2, 0.25) is 0 Å². The van der Waals surface area contributed by atoms with Crippen molar-refractivity contribution < 1.29 is 9.90 Å². The van der Waals surface area contributed by atoms with Gasteiger partial charge in [-0.2, -0.15) is 0 Å². The van der Waals surface area contributed by atoms with E-state index in [1.165, 1.54) is 18.2 Å². The Morgan fingerprint density at radius 1 is 1.16 bits per heavy atom. The minimum atomic E-state index is -0.377. The van der Waals surface area contributed by atoms with Gasteiger partial charge in [0.1, 0.15) is 5.75 Å². The Kier molecular flexibility index (Phi) is 3.76. The standard InChI is InChI=1S/C15H14ClNO2/c1-9-4-3-5-10(2)14(9)17-15(19)12-8-11(16)6-7-13(12)18/h3-8,18H,1-2H3,(H,17,19). The number of nitrogens with one attached hydrogen (secondary N) is 1. The highest BCUT2D eigenvalue weighted by Crippen LogP contribution is 2.25. The van der Waals surface area contributed by atoms with Crippen molar-refractivity contribution in [2.75, 3.05) is 5.32 Å². The van der Waals surface area contributed by atoms with Crippen LogP contribution in [0, 0.1) is 13.8 Å². The summed E-state index contributed by atoms with van der Waals surface area (Å²) in [5.74, 6) is -0.467. The lowest BCUT2D eigenvalue weighted by atomic mass is 10.1. The molecule has 2 rings (SSSR count). The molecule has 19 heavy (non-hydrogen) atoms. The van der Waals surface area contributed by atoms with Gasteiger partial charge in [0, 0.05) is 10.7 Å². The Balaban J connectivity index is 2.34. The molecule has 4 heteroatoms. The lowest BCUT2D eigenvalue weighted by molar-refractivity contribution is 0.102. The smallest absolute Gasteiger partial charge is 0.259 e. The maximum atomic E-state index is 12.2. The van der Waals surface area contributed by atoms with Crippen molar-refractivity contribution in [3.63, 3.8) is 0 Å². The Morgan fingerprint density at radius 2 is 1.79 bits per heavy atom. The van der Waals surface area contributed by atoms with E-state index in [-0.39, 0.29) is 17.2 Å². The quantitative estimate of drug-likeness (QED) is 0.873. The first kappa shape index (κ1) is 13.4. The second kappa shape index (κ2) is 5.33. The largest absolute Gasteiger partial charge is 0.507 e. The molecule has 0 spiro atoms. The molecule has 0 aromatic heterocycles. The number of aromatic hydroxyl groups is 1. The molecule has 0 heterocycles. The first-order valence-corrected chi connectivity index (χ1v) is 6.23. The Bertz CT molecular complexity index is 618. The van der Waals surface area contributed by atoms with E-state index in [2.05, 4.69) is 5.32 Å². The van der Waals surface area contributed by atoms with Gasteiger partial charge < -0.3 is 10.4 Å². The maximum Gasteiger partial charge on any atom is 0.259 e. The monoisotopic (exact) mass is 275 g/mol. The second-order valence-corrected chi connectivity index (χ2v) is 4.82. The highest BCUT2D eigenvalue weighted by molar-refractivity contribution is 6.31. The van der Waals surface area contributed by atoms with Gasteiger partial charge in [-0.25, -0.2) is 0 Å². The summed E-state index contributed by atoms with van der Waals surface area (Å²) in [6.07, 6.45) is 0. The molecule has 0 aliphatic carbocycles. The van der Waals surface area contributed by atoms with Crippen LogP contribution in [0.25, 0.3) is 0 Å². The van der Waals surface area contributed by atoms with Gasteiger partial charge in [-0.1, -0.05) is 29.8 Å². The van der Waals surface area contributed by atoms with E-state index in [9.17, 15) is 9.90 Å². The number of carbonyl (C=O) groups excluding carboxylic acids is 1. The number of phenols is 1. The fourth-order valence-electron chi connectivity index (χ4n) is 1.88. The van der Waals surface area contributed by atoms with Crippen LogP contribution in [0.2, 0.25) is 5.02 Å².